The number of hydrogen-bond donors (Lipinski definition) is 0. The van der Waals surface area contributed by atoms with E-state index in [-0.39, 0.29) is 16.7 Å². The summed E-state index contributed by atoms with van der Waals surface area (Å²) in [6.45, 7) is 4.22. The fraction of sp³-hybridized carbons (Fsp3) is 0.385. The molecule has 0 saturated carbocycles. The summed E-state index contributed by atoms with van der Waals surface area (Å²) in [5.74, 6) is 0.896. The Kier molecular flexibility index (Phi) is 2.64. The molecule has 94 valence electrons. The molecule has 1 aromatic carbocycles. The summed E-state index contributed by atoms with van der Waals surface area (Å²) in [7, 11) is 0. The van der Waals surface area contributed by atoms with E-state index in [0.29, 0.717) is 5.11 Å². The van der Waals surface area contributed by atoms with Gasteiger partial charge in [-0.25, -0.2) is 0 Å². The summed E-state index contributed by atoms with van der Waals surface area (Å²) in [5.41, 5.74) is 0.864. The Morgan fingerprint density at radius 1 is 1.33 bits per heavy atom. The van der Waals surface area contributed by atoms with Crippen molar-refractivity contribution in [1.82, 2.24) is 4.90 Å². The van der Waals surface area contributed by atoms with Crippen molar-refractivity contribution in [2.75, 3.05) is 10.8 Å². The first-order valence-electron chi connectivity index (χ1n) is 5.86. The van der Waals surface area contributed by atoms with E-state index in [1.54, 1.807) is 16.7 Å². The van der Waals surface area contributed by atoms with Crippen molar-refractivity contribution < 1.29 is 4.79 Å². The van der Waals surface area contributed by atoms with Crippen LogP contribution in [0.25, 0.3) is 0 Å². The second kappa shape index (κ2) is 3.96. The van der Waals surface area contributed by atoms with E-state index in [4.69, 9.17) is 12.2 Å². The van der Waals surface area contributed by atoms with Crippen LogP contribution in [0.5, 0.6) is 0 Å². The third-order valence-corrected chi connectivity index (χ3v) is 5.24. The highest BCUT2D eigenvalue weighted by molar-refractivity contribution is 8.01. The molecule has 2 saturated heterocycles. The van der Waals surface area contributed by atoms with Crippen molar-refractivity contribution >= 4 is 40.7 Å². The number of anilines is 1. The van der Waals surface area contributed by atoms with Gasteiger partial charge in [-0.15, -0.1) is 11.8 Å². The number of hydrogen-bond acceptors (Lipinski definition) is 3. The Hall–Kier alpha value is -1.07. The number of nitrogens with zero attached hydrogens (tertiary/aromatic N) is 2. The molecule has 1 amide bonds. The number of carbonyl (C=O) groups excluding carboxylic acids is 1. The van der Waals surface area contributed by atoms with Crippen molar-refractivity contribution in [1.29, 1.82) is 0 Å². The van der Waals surface area contributed by atoms with Gasteiger partial charge < -0.3 is 4.90 Å². The maximum absolute atomic E-state index is 12.6. The third kappa shape index (κ3) is 1.57. The zero-order chi connectivity index (χ0) is 12.9. The summed E-state index contributed by atoms with van der Waals surface area (Å²) < 4.78 is -0.0787. The molecule has 3 rings (SSSR count). The van der Waals surface area contributed by atoms with Crippen LogP contribution in [-0.2, 0) is 4.79 Å². The molecular formula is C13H14N2OS2. The highest BCUT2D eigenvalue weighted by Gasteiger charge is 2.55. The molecule has 0 bridgehead atoms. The van der Waals surface area contributed by atoms with Crippen LogP contribution < -0.4 is 4.90 Å². The van der Waals surface area contributed by atoms with E-state index >= 15 is 0 Å². The van der Waals surface area contributed by atoms with E-state index in [2.05, 4.69) is 13.8 Å². The lowest BCUT2D eigenvalue weighted by atomic mass is 10.0. The van der Waals surface area contributed by atoms with Crippen LogP contribution in [0.15, 0.2) is 30.3 Å². The van der Waals surface area contributed by atoms with Gasteiger partial charge in [0.15, 0.2) is 5.11 Å². The summed E-state index contributed by atoms with van der Waals surface area (Å²) in [6, 6.07) is 9.51. The normalized spacial score (nSPS) is 25.8. The van der Waals surface area contributed by atoms with Crippen molar-refractivity contribution in [2.24, 2.45) is 0 Å². The van der Waals surface area contributed by atoms with Crippen LogP contribution in [0.2, 0.25) is 0 Å². The fourth-order valence-electron chi connectivity index (χ4n) is 2.52. The molecule has 0 aromatic heterocycles. The number of benzene rings is 1. The van der Waals surface area contributed by atoms with Gasteiger partial charge >= 0.3 is 0 Å². The molecule has 0 spiro atoms. The highest BCUT2D eigenvalue weighted by atomic mass is 32.2. The van der Waals surface area contributed by atoms with Crippen LogP contribution in [0.1, 0.15) is 13.8 Å². The zero-order valence-corrected chi connectivity index (χ0v) is 11.9. The molecule has 1 atom stereocenters. The van der Waals surface area contributed by atoms with Crippen LogP contribution in [0, 0.1) is 0 Å². The average Bonchev–Trinajstić information content (AvgIpc) is 2.78. The maximum Gasteiger partial charge on any atom is 0.257 e. The summed E-state index contributed by atoms with van der Waals surface area (Å²) in [5, 5.41) is 0.634. The molecule has 2 aliphatic heterocycles. The molecule has 2 heterocycles. The number of amides is 1. The minimum absolute atomic E-state index is 0.0787. The summed E-state index contributed by atoms with van der Waals surface area (Å²) in [6.07, 6.45) is 0. The molecular weight excluding hydrogens is 264 g/mol. The lowest BCUT2D eigenvalue weighted by Crippen LogP contribution is -2.41. The molecule has 3 nitrogen and oxygen atoms in total. The predicted octanol–water partition coefficient (Wildman–Crippen LogP) is 2.47. The summed E-state index contributed by atoms with van der Waals surface area (Å²) >= 11 is 7.24. The Morgan fingerprint density at radius 2 is 2.00 bits per heavy atom. The number of fused-ring (bicyclic) bond motifs is 1. The number of thioether (sulfide) groups is 1. The Balaban J connectivity index is 2.01. The highest BCUT2D eigenvalue weighted by Crippen LogP contribution is 2.44. The maximum atomic E-state index is 12.6. The quantitative estimate of drug-likeness (QED) is 0.736. The van der Waals surface area contributed by atoms with Crippen LogP contribution in [-0.4, -0.2) is 32.6 Å². The molecule has 5 heteroatoms. The number of rotatable bonds is 1. The number of para-hydroxylation sites is 1. The number of thiocarbonyl (C=S) groups is 1. The second-order valence-electron chi connectivity index (χ2n) is 5.04. The Morgan fingerprint density at radius 3 is 2.61 bits per heavy atom. The van der Waals surface area contributed by atoms with Crippen LogP contribution >= 0.6 is 24.0 Å². The van der Waals surface area contributed by atoms with Crippen molar-refractivity contribution in [3.63, 3.8) is 0 Å². The van der Waals surface area contributed by atoms with Crippen molar-refractivity contribution in [2.45, 2.75) is 24.6 Å². The van der Waals surface area contributed by atoms with Crippen molar-refractivity contribution in [3.05, 3.63) is 30.3 Å². The van der Waals surface area contributed by atoms with Crippen molar-refractivity contribution in [3.8, 4) is 0 Å². The molecule has 0 radical (unpaired) electrons. The minimum Gasteiger partial charge on any atom is -0.326 e. The first kappa shape index (κ1) is 12.0. The van der Waals surface area contributed by atoms with Gasteiger partial charge in [-0.3, -0.25) is 9.69 Å². The average molecular weight is 278 g/mol. The Bertz CT molecular complexity index is 515. The van der Waals surface area contributed by atoms with Gasteiger partial charge in [0.1, 0.15) is 6.04 Å². The molecule has 1 aromatic rings. The van der Waals surface area contributed by atoms with Gasteiger partial charge in [-0.1, -0.05) is 18.2 Å². The molecule has 2 fully saturated rings. The predicted molar refractivity (Wildman–Crippen MR) is 78.7 cm³/mol. The van der Waals surface area contributed by atoms with E-state index < -0.39 is 0 Å². The minimum atomic E-state index is -0.129. The third-order valence-electron chi connectivity index (χ3n) is 3.45. The number of carbonyl (C=O) groups is 1. The molecule has 0 unspecified atom stereocenters. The van der Waals surface area contributed by atoms with E-state index in [1.807, 2.05) is 35.2 Å². The fourth-order valence-corrected chi connectivity index (χ4v) is 4.10. The lowest BCUT2D eigenvalue weighted by Gasteiger charge is -2.23. The van der Waals surface area contributed by atoms with Gasteiger partial charge in [0.25, 0.3) is 5.91 Å². The van der Waals surface area contributed by atoms with E-state index in [9.17, 15) is 4.79 Å². The zero-order valence-electron chi connectivity index (χ0n) is 10.3. The first-order chi connectivity index (χ1) is 8.52. The summed E-state index contributed by atoms with van der Waals surface area (Å²) in [4.78, 5) is 16.3. The lowest BCUT2D eigenvalue weighted by molar-refractivity contribution is -0.119. The Labute approximate surface area is 116 Å². The van der Waals surface area contributed by atoms with Gasteiger partial charge in [0.05, 0.1) is 11.6 Å². The first-order valence-corrected chi connectivity index (χ1v) is 7.25. The largest absolute Gasteiger partial charge is 0.326 e. The van der Waals surface area contributed by atoms with Gasteiger partial charge in [0.2, 0.25) is 0 Å². The molecule has 18 heavy (non-hydrogen) atoms. The van der Waals surface area contributed by atoms with Gasteiger partial charge in [0, 0.05) is 4.75 Å². The molecule has 0 N–H and O–H groups in total. The second-order valence-corrected chi connectivity index (χ2v) is 7.01. The van der Waals surface area contributed by atoms with E-state index in [1.165, 1.54) is 0 Å². The van der Waals surface area contributed by atoms with Gasteiger partial charge in [-0.05, 0) is 38.2 Å². The monoisotopic (exact) mass is 278 g/mol. The SMILES string of the molecule is CC1(C)SCN2C(=S)N(c3ccccc3)C(=O)[C@H]21. The van der Waals surface area contributed by atoms with Gasteiger partial charge in [-0.2, -0.15) is 0 Å². The molecule has 2 aliphatic rings. The molecule has 0 aliphatic carbocycles. The van der Waals surface area contributed by atoms with Crippen LogP contribution in [0.3, 0.4) is 0 Å². The smallest absolute Gasteiger partial charge is 0.257 e. The standard InChI is InChI=1S/C13H14N2OS2/c1-13(2)10-11(16)15(9-6-4-3-5-7-9)12(17)14(10)8-18-13/h3-7,10H,8H2,1-2H3/t10-/m0/s1. The topological polar surface area (TPSA) is 23.6 Å². The van der Waals surface area contributed by atoms with E-state index in [0.717, 1.165) is 11.6 Å². The van der Waals surface area contributed by atoms with Crippen LogP contribution in [0.4, 0.5) is 5.69 Å².